The van der Waals surface area contributed by atoms with Gasteiger partial charge in [-0.25, -0.2) is 12.8 Å². The second kappa shape index (κ2) is 5.98. The van der Waals surface area contributed by atoms with Crippen molar-refractivity contribution in [2.24, 2.45) is 11.7 Å². The fraction of sp³-hybridized carbons (Fsp3) is 0.643. The summed E-state index contributed by atoms with van der Waals surface area (Å²) in [5, 5.41) is 0. The van der Waals surface area contributed by atoms with Crippen LogP contribution in [0, 0.1) is 11.7 Å². The van der Waals surface area contributed by atoms with Crippen LogP contribution in [0.2, 0.25) is 0 Å². The number of hydrogen-bond donors (Lipinski definition) is 1. The lowest BCUT2D eigenvalue weighted by Crippen LogP contribution is -2.56. The third-order valence-electron chi connectivity index (χ3n) is 4.59. The summed E-state index contributed by atoms with van der Waals surface area (Å²) in [4.78, 5) is 3.50. The summed E-state index contributed by atoms with van der Waals surface area (Å²) in [6.45, 7) is 2.42. The molecule has 5 nitrogen and oxygen atoms in total. The minimum atomic E-state index is -3.80. The molecule has 0 aromatic carbocycles. The van der Waals surface area contributed by atoms with Gasteiger partial charge in [0.25, 0.3) is 0 Å². The molecule has 2 N–H and O–H groups in total. The summed E-state index contributed by atoms with van der Waals surface area (Å²) < 4.78 is 40.0. The third kappa shape index (κ3) is 3.09. The van der Waals surface area contributed by atoms with Crippen LogP contribution < -0.4 is 5.73 Å². The zero-order valence-electron chi connectivity index (χ0n) is 12.4. The fourth-order valence-corrected chi connectivity index (χ4v) is 4.43. The van der Waals surface area contributed by atoms with Crippen molar-refractivity contribution in [1.82, 2.24) is 9.29 Å². The van der Waals surface area contributed by atoms with Crippen LogP contribution in [0.3, 0.4) is 0 Å². The molecule has 1 aromatic rings. The Morgan fingerprint density at radius 1 is 1.43 bits per heavy atom. The Morgan fingerprint density at radius 2 is 2.05 bits per heavy atom. The highest BCUT2D eigenvalue weighted by Gasteiger charge is 2.42. The highest BCUT2D eigenvalue weighted by atomic mass is 32.2. The summed E-state index contributed by atoms with van der Waals surface area (Å²) in [5.74, 6) is -0.0832. The topological polar surface area (TPSA) is 76.3 Å². The Kier molecular flexibility index (Phi) is 4.65. The van der Waals surface area contributed by atoms with Crippen LogP contribution in [0.4, 0.5) is 4.39 Å². The molecule has 1 saturated carbocycles. The second-order valence-electron chi connectivity index (χ2n) is 5.92. The van der Waals surface area contributed by atoms with Gasteiger partial charge in [0.15, 0.2) is 0 Å². The quantitative estimate of drug-likeness (QED) is 0.918. The molecular formula is C14H22FN3O2S. The van der Waals surface area contributed by atoms with E-state index in [9.17, 15) is 12.8 Å². The minimum absolute atomic E-state index is 0.128. The number of sulfonamides is 1. The maximum absolute atomic E-state index is 13.3. The Balaban J connectivity index is 2.34. The lowest BCUT2D eigenvalue weighted by molar-refractivity contribution is 0.135. The van der Waals surface area contributed by atoms with Gasteiger partial charge < -0.3 is 5.73 Å². The summed E-state index contributed by atoms with van der Waals surface area (Å²) >= 11 is 0. The number of pyridine rings is 1. The van der Waals surface area contributed by atoms with E-state index in [4.69, 9.17) is 5.73 Å². The normalized spacial score (nSPS) is 27.0. The average Bonchev–Trinajstić information content (AvgIpc) is 2.48. The van der Waals surface area contributed by atoms with Crippen molar-refractivity contribution in [2.45, 2.75) is 43.0 Å². The molecule has 1 fully saturated rings. The molecule has 7 heteroatoms. The van der Waals surface area contributed by atoms with Gasteiger partial charge in [0.2, 0.25) is 10.0 Å². The Labute approximate surface area is 125 Å². The van der Waals surface area contributed by atoms with Gasteiger partial charge in [-0.1, -0.05) is 6.92 Å². The van der Waals surface area contributed by atoms with Crippen LogP contribution in [0.25, 0.3) is 0 Å². The zero-order valence-corrected chi connectivity index (χ0v) is 13.2. The standard InChI is InChI=1S/C14H22FN3O2S/c1-11-3-5-14(10-16,6-4-11)18(2)21(19,20)13-7-12(15)8-17-9-13/h7-9,11H,3-6,10,16H2,1-2H3. The summed E-state index contributed by atoms with van der Waals surface area (Å²) in [6.07, 6.45) is 5.49. The van der Waals surface area contributed by atoms with Gasteiger partial charge in [-0.15, -0.1) is 0 Å². The number of rotatable bonds is 4. The Morgan fingerprint density at radius 3 is 2.57 bits per heavy atom. The van der Waals surface area contributed by atoms with Gasteiger partial charge in [-0.05, 0) is 37.7 Å². The van der Waals surface area contributed by atoms with Crippen LogP contribution in [-0.2, 0) is 10.0 Å². The SMILES string of the molecule is CC1CCC(CN)(N(C)S(=O)(=O)c2cncc(F)c2)CC1. The van der Waals surface area contributed by atoms with Crippen molar-refractivity contribution in [2.75, 3.05) is 13.6 Å². The second-order valence-corrected chi connectivity index (χ2v) is 7.89. The number of hydrogen-bond acceptors (Lipinski definition) is 4. The van der Waals surface area contributed by atoms with E-state index in [1.54, 1.807) is 0 Å². The molecule has 0 aliphatic heterocycles. The zero-order chi connectivity index (χ0) is 15.7. The highest BCUT2D eigenvalue weighted by molar-refractivity contribution is 7.89. The van der Waals surface area contributed by atoms with E-state index in [1.807, 2.05) is 0 Å². The fourth-order valence-electron chi connectivity index (χ4n) is 2.89. The van der Waals surface area contributed by atoms with Gasteiger partial charge in [0.1, 0.15) is 10.7 Å². The first-order valence-electron chi connectivity index (χ1n) is 7.11. The molecule has 1 heterocycles. The van der Waals surface area contributed by atoms with Crippen molar-refractivity contribution in [1.29, 1.82) is 0 Å². The number of aromatic nitrogens is 1. The minimum Gasteiger partial charge on any atom is -0.329 e. The summed E-state index contributed by atoms with van der Waals surface area (Å²) in [7, 11) is -2.27. The molecule has 0 spiro atoms. The van der Waals surface area contributed by atoms with Gasteiger partial charge in [0, 0.05) is 25.3 Å². The lowest BCUT2D eigenvalue weighted by Gasteiger charge is -2.44. The Hall–Kier alpha value is -1.05. The molecule has 21 heavy (non-hydrogen) atoms. The molecule has 0 atom stereocenters. The van der Waals surface area contributed by atoms with E-state index >= 15 is 0 Å². The maximum Gasteiger partial charge on any atom is 0.245 e. The van der Waals surface area contributed by atoms with E-state index in [-0.39, 0.29) is 11.4 Å². The smallest absolute Gasteiger partial charge is 0.245 e. The molecule has 0 radical (unpaired) electrons. The molecule has 0 unspecified atom stereocenters. The van der Waals surface area contributed by atoms with E-state index in [2.05, 4.69) is 11.9 Å². The van der Waals surface area contributed by atoms with E-state index < -0.39 is 21.4 Å². The van der Waals surface area contributed by atoms with Crippen LogP contribution >= 0.6 is 0 Å². The van der Waals surface area contributed by atoms with Crippen LogP contribution in [0.1, 0.15) is 32.6 Å². The third-order valence-corrected chi connectivity index (χ3v) is 6.52. The number of nitrogens with two attached hydrogens (primary N) is 1. The van der Waals surface area contributed by atoms with Crippen LogP contribution in [0.15, 0.2) is 23.4 Å². The van der Waals surface area contributed by atoms with E-state index in [0.717, 1.165) is 37.9 Å². The summed E-state index contributed by atoms with van der Waals surface area (Å²) in [6, 6.07) is 0.995. The molecule has 1 aliphatic rings. The van der Waals surface area contributed by atoms with E-state index in [0.29, 0.717) is 5.92 Å². The van der Waals surface area contributed by atoms with Gasteiger partial charge in [0.05, 0.1) is 6.20 Å². The molecule has 1 aliphatic carbocycles. The number of halogens is 1. The molecule has 1 aromatic heterocycles. The van der Waals surface area contributed by atoms with Gasteiger partial charge >= 0.3 is 0 Å². The largest absolute Gasteiger partial charge is 0.329 e. The van der Waals surface area contributed by atoms with Crippen molar-refractivity contribution < 1.29 is 12.8 Å². The monoisotopic (exact) mass is 315 g/mol. The van der Waals surface area contributed by atoms with Crippen molar-refractivity contribution >= 4 is 10.0 Å². The highest BCUT2D eigenvalue weighted by Crippen LogP contribution is 2.37. The number of nitrogens with zero attached hydrogens (tertiary/aromatic N) is 2. The van der Waals surface area contributed by atoms with Crippen LogP contribution in [-0.4, -0.2) is 36.8 Å². The molecular weight excluding hydrogens is 293 g/mol. The molecule has 0 bridgehead atoms. The first-order chi connectivity index (χ1) is 9.82. The number of likely N-dealkylation sites (N-methyl/N-ethyl adjacent to an activating group) is 1. The van der Waals surface area contributed by atoms with Gasteiger partial charge in [-0.3, -0.25) is 4.98 Å². The maximum atomic E-state index is 13.3. The molecule has 2 rings (SSSR count). The molecule has 0 amide bonds. The molecule has 0 saturated heterocycles. The van der Waals surface area contributed by atoms with Crippen LogP contribution in [0.5, 0.6) is 0 Å². The summed E-state index contributed by atoms with van der Waals surface area (Å²) in [5.41, 5.74) is 5.31. The van der Waals surface area contributed by atoms with Crippen molar-refractivity contribution in [3.05, 3.63) is 24.3 Å². The lowest BCUT2D eigenvalue weighted by atomic mass is 9.77. The first-order valence-corrected chi connectivity index (χ1v) is 8.55. The average molecular weight is 315 g/mol. The Bertz CT molecular complexity index is 598. The van der Waals surface area contributed by atoms with Crippen molar-refractivity contribution in [3.63, 3.8) is 0 Å². The molecule has 118 valence electrons. The first kappa shape index (κ1) is 16.3. The van der Waals surface area contributed by atoms with Crippen molar-refractivity contribution in [3.8, 4) is 0 Å². The van der Waals surface area contributed by atoms with Gasteiger partial charge in [-0.2, -0.15) is 4.31 Å². The van der Waals surface area contributed by atoms with E-state index in [1.165, 1.54) is 17.5 Å². The predicted octanol–water partition coefficient (Wildman–Crippen LogP) is 1.75. The predicted molar refractivity (Wildman–Crippen MR) is 78.6 cm³/mol.